The Morgan fingerprint density at radius 1 is 1.21 bits per heavy atom. The highest BCUT2D eigenvalue weighted by Gasteiger charge is 2.15. The Morgan fingerprint density at radius 2 is 1.92 bits per heavy atom. The number of nitrogens with one attached hydrogen (secondary N) is 3. The van der Waals surface area contributed by atoms with Crippen LogP contribution in [-0.2, 0) is 7.05 Å². The number of unbranched alkanes of at least 4 members (excludes halogenated alkanes) is 2. The third kappa shape index (κ3) is 4.29. The van der Waals surface area contributed by atoms with E-state index in [2.05, 4.69) is 28.2 Å². The average Bonchev–Trinajstić information content (AvgIpc) is 2.59. The molecule has 0 saturated heterocycles. The molecule has 0 aliphatic heterocycles. The first-order chi connectivity index (χ1) is 11.5. The van der Waals surface area contributed by atoms with Crippen LogP contribution in [0.15, 0.2) is 29.1 Å². The lowest BCUT2D eigenvalue weighted by molar-refractivity contribution is 0.0938. The molecule has 3 N–H and O–H groups in total. The first kappa shape index (κ1) is 17.9. The number of amides is 1. The zero-order valence-corrected chi connectivity index (χ0v) is 14.6. The van der Waals surface area contributed by atoms with Crippen LogP contribution in [0.3, 0.4) is 0 Å². The molecule has 8 heteroatoms. The molecule has 0 bridgehead atoms. The van der Waals surface area contributed by atoms with Crippen molar-refractivity contribution in [3.8, 4) is 0 Å². The number of hydrogen-bond donors (Lipinski definition) is 3. The van der Waals surface area contributed by atoms with Gasteiger partial charge >= 0.3 is 0 Å². The predicted octanol–water partition coefficient (Wildman–Crippen LogP) is 1.23. The highest BCUT2D eigenvalue weighted by Crippen LogP contribution is 2.12. The Morgan fingerprint density at radius 3 is 2.62 bits per heavy atom. The standard InChI is InChI=1S/C16H21N5O2S/c1-3-4-7-10-17-16(24)19-18-14(22)13-11-8-5-6-9-12(11)15(23)21(2)20-13/h5-6,8-9H,3-4,7,10H2,1-2H3,(H,18,22)(H2,17,19,24). The van der Waals surface area contributed by atoms with Crippen LogP contribution in [0, 0.1) is 0 Å². The smallest absolute Gasteiger partial charge is 0.290 e. The number of benzene rings is 1. The maximum absolute atomic E-state index is 12.4. The second-order valence-corrected chi connectivity index (χ2v) is 5.77. The Hall–Kier alpha value is -2.48. The van der Waals surface area contributed by atoms with Gasteiger partial charge < -0.3 is 5.32 Å². The lowest BCUT2D eigenvalue weighted by Crippen LogP contribution is -2.47. The SMILES string of the molecule is CCCCCNC(=S)NNC(=O)c1nn(C)c(=O)c2ccccc12. The van der Waals surface area contributed by atoms with Gasteiger partial charge in [-0.25, -0.2) is 4.68 Å². The van der Waals surface area contributed by atoms with Gasteiger partial charge in [0.05, 0.1) is 5.39 Å². The van der Waals surface area contributed by atoms with E-state index >= 15 is 0 Å². The van der Waals surface area contributed by atoms with Crippen molar-refractivity contribution in [2.45, 2.75) is 26.2 Å². The first-order valence-corrected chi connectivity index (χ1v) is 8.25. The van der Waals surface area contributed by atoms with Crippen molar-refractivity contribution in [1.82, 2.24) is 25.9 Å². The van der Waals surface area contributed by atoms with Gasteiger partial charge in [-0.2, -0.15) is 5.10 Å². The summed E-state index contributed by atoms with van der Waals surface area (Å²) in [7, 11) is 1.51. The van der Waals surface area contributed by atoms with Crippen molar-refractivity contribution in [3.63, 3.8) is 0 Å². The summed E-state index contributed by atoms with van der Waals surface area (Å²) in [5.74, 6) is -0.459. The second kappa shape index (κ2) is 8.39. The van der Waals surface area contributed by atoms with Crippen LogP contribution >= 0.6 is 12.2 Å². The number of hydrazine groups is 1. The molecule has 0 unspecified atom stereocenters. The summed E-state index contributed by atoms with van der Waals surface area (Å²) in [6.07, 6.45) is 3.26. The Labute approximate surface area is 145 Å². The molecular weight excluding hydrogens is 326 g/mol. The molecule has 1 aromatic carbocycles. The molecule has 1 heterocycles. The van der Waals surface area contributed by atoms with Gasteiger partial charge in [0.15, 0.2) is 10.8 Å². The van der Waals surface area contributed by atoms with E-state index in [0.717, 1.165) is 30.5 Å². The van der Waals surface area contributed by atoms with Gasteiger partial charge in [-0.05, 0) is 24.7 Å². The molecule has 0 spiro atoms. The van der Waals surface area contributed by atoms with Gasteiger partial charge in [0.2, 0.25) is 0 Å². The maximum Gasteiger partial charge on any atom is 0.290 e. The highest BCUT2D eigenvalue weighted by atomic mass is 32.1. The fourth-order valence-corrected chi connectivity index (χ4v) is 2.41. The van der Waals surface area contributed by atoms with E-state index in [-0.39, 0.29) is 11.3 Å². The van der Waals surface area contributed by atoms with E-state index in [1.165, 1.54) is 7.05 Å². The summed E-state index contributed by atoms with van der Waals surface area (Å²) in [5, 5.41) is 8.35. The van der Waals surface area contributed by atoms with Crippen LogP contribution in [0.4, 0.5) is 0 Å². The van der Waals surface area contributed by atoms with Crippen molar-refractivity contribution in [2.24, 2.45) is 7.05 Å². The van der Waals surface area contributed by atoms with Gasteiger partial charge in [0.25, 0.3) is 11.5 Å². The van der Waals surface area contributed by atoms with Gasteiger partial charge in [0.1, 0.15) is 0 Å². The van der Waals surface area contributed by atoms with E-state index in [4.69, 9.17) is 12.2 Å². The second-order valence-electron chi connectivity index (χ2n) is 5.37. The number of carbonyl (C=O) groups excluding carboxylic acids is 1. The number of nitrogens with zero attached hydrogens (tertiary/aromatic N) is 2. The maximum atomic E-state index is 12.4. The zero-order valence-electron chi connectivity index (χ0n) is 13.8. The minimum absolute atomic E-state index is 0.161. The Kier molecular flexibility index (Phi) is 6.25. The number of aryl methyl sites for hydroxylation is 1. The Bertz CT molecular complexity index is 803. The summed E-state index contributed by atoms with van der Waals surface area (Å²) in [4.78, 5) is 24.4. The van der Waals surface area contributed by atoms with Gasteiger partial charge in [-0.3, -0.25) is 20.4 Å². The van der Waals surface area contributed by atoms with Gasteiger partial charge in [0, 0.05) is 19.0 Å². The van der Waals surface area contributed by atoms with Crippen molar-refractivity contribution in [3.05, 3.63) is 40.3 Å². The third-order valence-corrected chi connectivity index (χ3v) is 3.77. The fraction of sp³-hybridized carbons (Fsp3) is 0.375. The lowest BCUT2D eigenvalue weighted by Gasteiger charge is -2.12. The lowest BCUT2D eigenvalue weighted by atomic mass is 10.1. The number of fused-ring (bicyclic) bond motifs is 1. The Balaban J connectivity index is 2.05. The van der Waals surface area contributed by atoms with Crippen LogP contribution in [-0.4, -0.2) is 27.3 Å². The van der Waals surface area contributed by atoms with Crippen LogP contribution in [0.5, 0.6) is 0 Å². The van der Waals surface area contributed by atoms with E-state index < -0.39 is 5.91 Å². The third-order valence-electron chi connectivity index (χ3n) is 3.53. The van der Waals surface area contributed by atoms with Crippen molar-refractivity contribution >= 4 is 34.0 Å². The molecule has 0 radical (unpaired) electrons. The van der Waals surface area contributed by atoms with Crippen molar-refractivity contribution in [1.29, 1.82) is 0 Å². The van der Waals surface area contributed by atoms with Crippen LogP contribution in [0.25, 0.3) is 10.8 Å². The van der Waals surface area contributed by atoms with Crippen LogP contribution < -0.4 is 21.7 Å². The number of thiocarbonyl (C=S) groups is 1. The summed E-state index contributed by atoms with van der Waals surface area (Å²) in [6, 6.07) is 6.87. The summed E-state index contributed by atoms with van der Waals surface area (Å²) in [6.45, 7) is 2.87. The summed E-state index contributed by atoms with van der Waals surface area (Å²) >= 11 is 5.10. The molecule has 1 amide bonds. The normalized spacial score (nSPS) is 10.4. The zero-order chi connectivity index (χ0) is 17.5. The number of carbonyl (C=O) groups is 1. The van der Waals surface area contributed by atoms with Crippen molar-refractivity contribution < 1.29 is 4.79 Å². The van der Waals surface area contributed by atoms with E-state index in [1.807, 2.05) is 0 Å². The molecule has 2 rings (SSSR count). The van der Waals surface area contributed by atoms with Crippen LogP contribution in [0.1, 0.15) is 36.7 Å². The average molecular weight is 347 g/mol. The number of hydrogen-bond acceptors (Lipinski definition) is 4. The van der Waals surface area contributed by atoms with Gasteiger partial charge in [-0.1, -0.05) is 38.0 Å². The number of rotatable bonds is 5. The quantitative estimate of drug-likeness (QED) is 0.428. The molecular formula is C16H21N5O2S. The molecule has 128 valence electrons. The van der Waals surface area contributed by atoms with Crippen LogP contribution in [0.2, 0.25) is 0 Å². The minimum Gasteiger partial charge on any atom is -0.361 e. The molecule has 0 saturated carbocycles. The molecule has 1 aromatic heterocycles. The molecule has 2 aromatic rings. The summed E-state index contributed by atoms with van der Waals surface area (Å²) < 4.78 is 1.15. The molecule has 7 nitrogen and oxygen atoms in total. The van der Waals surface area contributed by atoms with E-state index in [9.17, 15) is 9.59 Å². The summed E-state index contributed by atoms with van der Waals surface area (Å²) in [5.41, 5.74) is 5.07. The molecule has 24 heavy (non-hydrogen) atoms. The predicted molar refractivity (Wildman–Crippen MR) is 97.7 cm³/mol. The highest BCUT2D eigenvalue weighted by molar-refractivity contribution is 7.80. The van der Waals surface area contributed by atoms with Crippen molar-refractivity contribution in [2.75, 3.05) is 6.54 Å². The fourth-order valence-electron chi connectivity index (χ4n) is 2.26. The number of aromatic nitrogens is 2. The molecule has 0 aliphatic rings. The molecule has 0 aliphatic carbocycles. The first-order valence-electron chi connectivity index (χ1n) is 7.84. The van der Waals surface area contributed by atoms with E-state index in [1.54, 1.807) is 24.3 Å². The van der Waals surface area contributed by atoms with E-state index in [0.29, 0.717) is 15.9 Å². The largest absolute Gasteiger partial charge is 0.361 e. The molecule has 0 fully saturated rings. The minimum atomic E-state index is -0.459. The topological polar surface area (TPSA) is 88.0 Å². The molecule has 0 atom stereocenters. The van der Waals surface area contributed by atoms with Gasteiger partial charge in [-0.15, -0.1) is 0 Å². The monoisotopic (exact) mass is 347 g/mol.